The van der Waals surface area contributed by atoms with Crippen LogP contribution in [0.1, 0.15) is 40.8 Å². The Kier molecular flexibility index (Phi) is 6.14. The van der Waals surface area contributed by atoms with Gasteiger partial charge in [-0.3, -0.25) is 9.58 Å². The van der Waals surface area contributed by atoms with Gasteiger partial charge in [0.1, 0.15) is 0 Å². The number of aryl methyl sites for hydroxylation is 2. The molecule has 7 nitrogen and oxygen atoms in total. The zero-order valence-electron chi connectivity index (χ0n) is 19.4. The number of carbonyl (C=O) groups is 1. The van der Waals surface area contributed by atoms with Gasteiger partial charge in [-0.1, -0.05) is 11.6 Å². The van der Waals surface area contributed by atoms with Gasteiger partial charge in [0, 0.05) is 66.5 Å². The maximum absolute atomic E-state index is 14.4. The van der Waals surface area contributed by atoms with Crippen LogP contribution in [0.3, 0.4) is 0 Å². The minimum Gasteiger partial charge on any atom is -0.465 e. The normalized spacial score (nSPS) is 15.0. The van der Waals surface area contributed by atoms with Crippen LogP contribution in [0.4, 0.5) is 25.0 Å². The third-order valence-corrected chi connectivity index (χ3v) is 6.85. The van der Waals surface area contributed by atoms with Gasteiger partial charge in [-0.2, -0.15) is 5.10 Å². The molecule has 2 aliphatic rings. The van der Waals surface area contributed by atoms with Crippen LogP contribution < -0.4 is 4.90 Å². The van der Waals surface area contributed by atoms with Gasteiger partial charge >= 0.3 is 6.09 Å². The Labute approximate surface area is 206 Å². The largest absolute Gasteiger partial charge is 0.465 e. The molecule has 0 spiro atoms. The number of aromatic nitrogens is 2. The van der Waals surface area contributed by atoms with Crippen molar-refractivity contribution in [3.8, 4) is 11.1 Å². The molecule has 35 heavy (non-hydrogen) atoms. The summed E-state index contributed by atoms with van der Waals surface area (Å²) in [5.74, 6) is 0. The van der Waals surface area contributed by atoms with Crippen molar-refractivity contribution in [2.45, 2.75) is 39.0 Å². The number of anilines is 2. The smallest absolute Gasteiger partial charge is 0.407 e. The molecule has 1 aromatic heterocycles. The van der Waals surface area contributed by atoms with Gasteiger partial charge in [-0.25, -0.2) is 13.6 Å². The van der Waals surface area contributed by atoms with Crippen LogP contribution in [0, 0.1) is 0 Å². The number of methoxy groups -OCH3 is 1. The van der Waals surface area contributed by atoms with E-state index in [2.05, 4.69) is 5.10 Å². The molecule has 5 rings (SSSR count). The number of hydrogen-bond donors (Lipinski definition) is 1. The van der Waals surface area contributed by atoms with E-state index in [0.717, 1.165) is 35.2 Å². The highest BCUT2D eigenvalue weighted by Gasteiger charge is 2.31. The minimum absolute atomic E-state index is 0.0770. The van der Waals surface area contributed by atoms with Crippen molar-refractivity contribution in [1.29, 1.82) is 0 Å². The lowest BCUT2D eigenvalue weighted by Gasteiger charge is -2.34. The molecule has 3 heterocycles. The molecule has 184 valence electrons. The summed E-state index contributed by atoms with van der Waals surface area (Å²) < 4.78 is 35.6. The predicted octanol–water partition coefficient (Wildman–Crippen LogP) is 5.90. The van der Waals surface area contributed by atoms with E-state index >= 15 is 0 Å². The highest BCUT2D eigenvalue weighted by molar-refractivity contribution is 6.31. The van der Waals surface area contributed by atoms with Crippen LogP contribution in [0.2, 0.25) is 5.02 Å². The first-order chi connectivity index (χ1) is 16.8. The lowest BCUT2D eigenvalue weighted by atomic mass is 9.91. The quantitative estimate of drug-likeness (QED) is 0.470. The fraction of sp³-hybridized carbons (Fsp3) is 0.360. The maximum Gasteiger partial charge on any atom is 0.407 e. The Morgan fingerprint density at radius 1 is 1.17 bits per heavy atom. The second kappa shape index (κ2) is 9.13. The lowest BCUT2D eigenvalue weighted by Crippen LogP contribution is -2.27. The summed E-state index contributed by atoms with van der Waals surface area (Å²) in [5, 5.41) is 14.4. The Balaban J connectivity index is 1.64. The van der Waals surface area contributed by atoms with Crippen molar-refractivity contribution in [2.75, 3.05) is 18.6 Å². The third kappa shape index (κ3) is 4.23. The van der Waals surface area contributed by atoms with Gasteiger partial charge in [0.2, 0.25) is 0 Å². The number of carboxylic acid groups (broad SMARTS) is 1. The molecule has 0 bridgehead atoms. The molecule has 0 fully saturated rings. The topological polar surface area (TPSA) is 70.8 Å². The number of ether oxygens (including phenoxy) is 1. The van der Waals surface area contributed by atoms with Crippen molar-refractivity contribution >= 4 is 29.1 Å². The first-order valence-corrected chi connectivity index (χ1v) is 11.7. The van der Waals surface area contributed by atoms with Gasteiger partial charge in [0.15, 0.2) is 0 Å². The van der Waals surface area contributed by atoms with Crippen molar-refractivity contribution in [3.05, 3.63) is 63.4 Å². The van der Waals surface area contributed by atoms with Crippen molar-refractivity contribution < 1.29 is 23.4 Å². The van der Waals surface area contributed by atoms with E-state index < -0.39 is 12.5 Å². The molecule has 0 unspecified atom stereocenters. The summed E-state index contributed by atoms with van der Waals surface area (Å²) in [6.07, 6.45) is -0.390. The van der Waals surface area contributed by atoms with E-state index in [4.69, 9.17) is 16.3 Å². The fourth-order valence-corrected chi connectivity index (χ4v) is 5.38. The number of benzene rings is 2. The van der Waals surface area contributed by atoms with Crippen molar-refractivity contribution in [3.63, 3.8) is 0 Å². The highest BCUT2D eigenvalue weighted by Crippen LogP contribution is 2.45. The summed E-state index contributed by atoms with van der Waals surface area (Å²) in [7, 11) is 3.30. The number of alkyl halides is 2. The summed E-state index contributed by atoms with van der Waals surface area (Å²) in [6.45, 7) is 1.33. The monoisotopic (exact) mass is 502 g/mol. The molecule has 1 amide bonds. The zero-order valence-corrected chi connectivity index (χ0v) is 20.1. The molecular weight excluding hydrogens is 478 g/mol. The molecule has 1 N–H and O–H groups in total. The van der Waals surface area contributed by atoms with Crippen LogP contribution in [0.15, 0.2) is 30.5 Å². The van der Waals surface area contributed by atoms with Crippen LogP contribution >= 0.6 is 11.6 Å². The van der Waals surface area contributed by atoms with Gasteiger partial charge in [0.25, 0.3) is 6.43 Å². The fourth-order valence-electron chi connectivity index (χ4n) is 5.15. The standard InChI is InChI=1S/C25H25ClF2N4O3/c1-30-11-20(21(29-30)13-35-2)17-7-14-4-3-5-32(22(14)9-18(17)24(27)28)23-8-16(26)6-15-10-31(25(33)34)12-19(15)23/h6-9,11,24H,3-5,10,12-13H2,1-2H3,(H,33,34). The second-order valence-corrected chi connectivity index (χ2v) is 9.36. The van der Waals surface area contributed by atoms with Crippen LogP contribution in [-0.2, 0) is 37.9 Å². The SMILES string of the molecule is COCc1nn(C)cc1-c1cc2c(cc1C(F)F)N(c1cc(Cl)cc3c1CN(C(=O)O)C3)CCC2. The lowest BCUT2D eigenvalue weighted by molar-refractivity contribution is 0.145. The average molecular weight is 503 g/mol. The Morgan fingerprint density at radius 2 is 1.97 bits per heavy atom. The molecule has 10 heteroatoms. The molecule has 0 aliphatic carbocycles. The Bertz CT molecular complexity index is 1310. The number of nitrogens with zero attached hydrogens (tertiary/aromatic N) is 4. The summed E-state index contributed by atoms with van der Waals surface area (Å²) in [6, 6.07) is 6.99. The van der Waals surface area contributed by atoms with E-state index in [0.29, 0.717) is 34.1 Å². The molecular formula is C25H25ClF2N4O3. The summed E-state index contributed by atoms with van der Waals surface area (Å²) in [5.41, 5.74) is 5.73. The number of hydrogen-bond acceptors (Lipinski definition) is 4. The van der Waals surface area contributed by atoms with Crippen LogP contribution in [0.25, 0.3) is 11.1 Å². The van der Waals surface area contributed by atoms with Gasteiger partial charge < -0.3 is 14.7 Å². The third-order valence-electron chi connectivity index (χ3n) is 6.64. The van der Waals surface area contributed by atoms with E-state index in [1.54, 1.807) is 43.2 Å². The number of amides is 1. The predicted molar refractivity (Wildman–Crippen MR) is 128 cm³/mol. The number of halogens is 3. The van der Waals surface area contributed by atoms with E-state index in [-0.39, 0.29) is 25.3 Å². The Morgan fingerprint density at radius 3 is 2.69 bits per heavy atom. The van der Waals surface area contributed by atoms with Crippen LogP contribution in [-0.4, -0.2) is 39.5 Å². The molecule has 0 radical (unpaired) electrons. The summed E-state index contributed by atoms with van der Waals surface area (Å²) >= 11 is 6.40. The average Bonchev–Trinajstić information content (AvgIpc) is 3.40. The van der Waals surface area contributed by atoms with Gasteiger partial charge in [0.05, 0.1) is 18.8 Å². The molecule has 0 saturated carbocycles. The van der Waals surface area contributed by atoms with Crippen LogP contribution in [0.5, 0.6) is 0 Å². The van der Waals surface area contributed by atoms with Gasteiger partial charge in [-0.05, 0) is 53.8 Å². The van der Waals surface area contributed by atoms with Gasteiger partial charge in [-0.15, -0.1) is 0 Å². The van der Waals surface area contributed by atoms with Crippen molar-refractivity contribution in [2.24, 2.45) is 7.05 Å². The van der Waals surface area contributed by atoms with Crippen molar-refractivity contribution in [1.82, 2.24) is 14.7 Å². The molecule has 2 aliphatic heterocycles. The zero-order chi connectivity index (χ0) is 24.9. The van der Waals surface area contributed by atoms with E-state index in [1.807, 2.05) is 11.0 Å². The number of rotatable bonds is 5. The molecule has 0 saturated heterocycles. The molecule has 2 aromatic carbocycles. The van der Waals surface area contributed by atoms with E-state index in [9.17, 15) is 18.7 Å². The second-order valence-electron chi connectivity index (χ2n) is 8.92. The Hall–Kier alpha value is -3.17. The number of fused-ring (bicyclic) bond motifs is 2. The summed E-state index contributed by atoms with van der Waals surface area (Å²) in [4.78, 5) is 14.9. The molecule has 0 atom stereocenters. The highest BCUT2D eigenvalue weighted by atomic mass is 35.5. The minimum atomic E-state index is -2.69. The first kappa shape index (κ1) is 23.6. The first-order valence-electron chi connectivity index (χ1n) is 11.3. The molecule has 3 aromatic rings. The maximum atomic E-state index is 14.4. The van der Waals surface area contributed by atoms with E-state index in [1.165, 1.54) is 4.90 Å².